The Morgan fingerprint density at radius 1 is 1.26 bits per heavy atom. The average Bonchev–Trinajstić information content (AvgIpc) is 2.69. The lowest BCUT2D eigenvalue weighted by molar-refractivity contribution is -0.136. The lowest BCUT2D eigenvalue weighted by Crippen LogP contribution is -2.17. The first kappa shape index (κ1) is 13.9. The molecule has 1 aromatic carbocycles. The van der Waals surface area contributed by atoms with Gasteiger partial charge < -0.3 is 10.3 Å². The third-order valence-corrected chi connectivity index (χ3v) is 3.08. The highest BCUT2D eigenvalue weighted by Gasteiger charge is 2.26. The molecule has 0 spiro atoms. The summed E-state index contributed by atoms with van der Waals surface area (Å²) in [6.07, 6.45) is -2.50. The van der Waals surface area contributed by atoms with Crippen molar-refractivity contribution >= 4 is 10.9 Å². The Hall–Kier alpha value is -1.49. The van der Waals surface area contributed by atoms with Crippen LogP contribution in [-0.2, 0) is 13.0 Å². The number of rotatable bonds is 4. The van der Waals surface area contributed by atoms with Crippen molar-refractivity contribution in [3.63, 3.8) is 0 Å². The van der Waals surface area contributed by atoms with Gasteiger partial charge in [0.2, 0.25) is 0 Å². The first-order valence-electron chi connectivity index (χ1n) is 6.26. The summed E-state index contributed by atoms with van der Waals surface area (Å²) in [6, 6.07) is 7.58. The van der Waals surface area contributed by atoms with Crippen LogP contribution in [0.15, 0.2) is 30.5 Å². The van der Waals surface area contributed by atoms with Crippen LogP contribution in [-0.4, -0.2) is 16.8 Å². The standard InChI is InChI=1S/C14H17F3N2/c1-10(18)9-11-3-2-4-13-12(11)5-7-19(13)8-6-14(15,16)17/h2-5,7,10H,6,8-9,18H2,1H3. The maximum atomic E-state index is 12.3. The van der Waals surface area contributed by atoms with E-state index >= 15 is 0 Å². The molecule has 0 saturated carbocycles. The van der Waals surface area contributed by atoms with Gasteiger partial charge in [0.05, 0.1) is 6.42 Å². The summed E-state index contributed by atoms with van der Waals surface area (Å²) >= 11 is 0. The topological polar surface area (TPSA) is 30.9 Å². The number of alkyl halides is 3. The maximum absolute atomic E-state index is 12.3. The van der Waals surface area contributed by atoms with Crippen molar-refractivity contribution in [1.29, 1.82) is 0 Å². The van der Waals surface area contributed by atoms with Gasteiger partial charge in [0, 0.05) is 29.7 Å². The van der Waals surface area contributed by atoms with Crippen LogP contribution in [0.1, 0.15) is 18.9 Å². The fourth-order valence-corrected chi connectivity index (χ4v) is 2.25. The number of aryl methyl sites for hydroxylation is 1. The summed E-state index contributed by atoms with van der Waals surface area (Å²) in [5.74, 6) is 0. The third-order valence-electron chi connectivity index (χ3n) is 3.08. The zero-order valence-corrected chi connectivity index (χ0v) is 10.7. The Morgan fingerprint density at radius 2 is 2.00 bits per heavy atom. The van der Waals surface area contributed by atoms with E-state index in [1.54, 1.807) is 10.8 Å². The molecule has 2 rings (SSSR count). The Kier molecular flexibility index (Phi) is 3.85. The van der Waals surface area contributed by atoms with E-state index in [0.29, 0.717) is 0 Å². The SMILES string of the molecule is CC(N)Cc1cccc2c1ccn2CCC(F)(F)F. The number of nitrogens with zero attached hydrogens (tertiary/aromatic N) is 1. The van der Waals surface area contributed by atoms with E-state index in [9.17, 15) is 13.2 Å². The first-order chi connectivity index (χ1) is 8.87. The van der Waals surface area contributed by atoms with Crippen LogP contribution in [0.25, 0.3) is 10.9 Å². The Morgan fingerprint density at radius 3 is 2.63 bits per heavy atom. The monoisotopic (exact) mass is 270 g/mol. The highest BCUT2D eigenvalue weighted by molar-refractivity contribution is 5.83. The number of nitrogens with two attached hydrogens (primary N) is 1. The highest BCUT2D eigenvalue weighted by Crippen LogP contribution is 2.25. The second-order valence-corrected chi connectivity index (χ2v) is 4.91. The van der Waals surface area contributed by atoms with Crippen molar-refractivity contribution in [3.05, 3.63) is 36.0 Å². The highest BCUT2D eigenvalue weighted by atomic mass is 19.4. The second-order valence-electron chi connectivity index (χ2n) is 4.91. The molecular weight excluding hydrogens is 253 g/mol. The Bertz CT molecular complexity index is 555. The molecule has 0 amide bonds. The van der Waals surface area contributed by atoms with E-state index in [1.807, 2.05) is 31.2 Å². The number of benzene rings is 1. The normalized spacial score (nSPS) is 13.9. The number of hydrogen-bond acceptors (Lipinski definition) is 1. The Labute approximate surface area is 110 Å². The summed E-state index contributed by atoms with van der Waals surface area (Å²) in [5, 5.41) is 0.988. The molecule has 1 aromatic heterocycles. The van der Waals surface area contributed by atoms with Gasteiger partial charge in [-0.05, 0) is 31.0 Å². The minimum absolute atomic E-state index is 0.0316. The summed E-state index contributed by atoms with van der Waals surface area (Å²) < 4.78 is 38.5. The molecule has 0 saturated heterocycles. The average molecular weight is 270 g/mol. The molecule has 5 heteroatoms. The van der Waals surface area contributed by atoms with Crippen LogP contribution in [0.2, 0.25) is 0 Å². The fourth-order valence-electron chi connectivity index (χ4n) is 2.25. The quantitative estimate of drug-likeness (QED) is 0.906. The van der Waals surface area contributed by atoms with E-state index in [4.69, 9.17) is 5.73 Å². The molecule has 1 unspecified atom stereocenters. The van der Waals surface area contributed by atoms with Crippen LogP contribution in [0.4, 0.5) is 13.2 Å². The van der Waals surface area contributed by atoms with Crippen molar-refractivity contribution in [1.82, 2.24) is 4.57 Å². The summed E-state index contributed by atoms with van der Waals surface area (Å²) in [6.45, 7) is 1.87. The van der Waals surface area contributed by atoms with Gasteiger partial charge in [-0.15, -0.1) is 0 Å². The molecule has 0 bridgehead atoms. The minimum Gasteiger partial charge on any atom is -0.347 e. The van der Waals surface area contributed by atoms with Gasteiger partial charge in [-0.1, -0.05) is 12.1 Å². The van der Waals surface area contributed by atoms with Gasteiger partial charge in [0.15, 0.2) is 0 Å². The minimum atomic E-state index is -4.13. The van der Waals surface area contributed by atoms with E-state index in [-0.39, 0.29) is 12.6 Å². The number of fused-ring (bicyclic) bond motifs is 1. The van der Waals surface area contributed by atoms with Gasteiger partial charge in [0.25, 0.3) is 0 Å². The number of hydrogen-bond donors (Lipinski definition) is 1. The molecule has 19 heavy (non-hydrogen) atoms. The van der Waals surface area contributed by atoms with Gasteiger partial charge in [-0.3, -0.25) is 0 Å². The predicted octanol–water partition coefficient (Wildman–Crippen LogP) is 3.48. The predicted molar refractivity (Wildman–Crippen MR) is 70.0 cm³/mol. The van der Waals surface area contributed by atoms with E-state index in [0.717, 1.165) is 22.9 Å². The van der Waals surface area contributed by atoms with Crippen molar-refractivity contribution < 1.29 is 13.2 Å². The smallest absolute Gasteiger partial charge is 0.347 e. The zero-order valence-electron chi connectivity index (χ0n) is 10.7. The van der Waals surface area contributed by atoms with E-state index in [1.165, 1.54) is 0 Å². The van der Waals surface area contributed by atoms with Gasteiger partial charge in [-0.25, -0.2) is 0 Å². The van der Waals surface area contributed by atoms with Crippen LogP contribution < -0.4 is 5.73 Å². The molecule has 2 nitrogen and oxygen atoms in total. The van der Waals surface area contributed by atoms with E-state index in [2.05, 4.69) is 0 Å². The number of aromatic nitrogens is 1. The number of halogens is 3. The largest absolute Gasteiger partial charge is 0.390 e. The molecule has 1 heterocycles. The lowest BCUT2D eigenvalue weighted by Gasteiger charge is -2.10. The van der Waals surface area contributed by atoms with E-state index < -0.39 is 12.6 Å². The second kappa shape index (κ2) is 5.25. The summed E-state index contributed by atoms with van der Waals surface area (Å²) in [5.41, 5.74) is 7.70. The lowest BCUT2D eigenvalue weighted by atomic mass is 10.0. The van der Waals surface area contributed by atoms with Crippen molar-refractivity contribution in [2.75, 3.05) is 0 Å². The van der Waals surface area contributed by atoms with Gasteiger partial charge in [0.1, 0.15) is 0 Å². The molecule has 2 aromatic rings. The van der Waals surface area contributed by atoms with Crippen LogP contribution in [0, 0.1) is 0 Å². The third kappa shape index (κ3) is 3.50. The molecule has 0 fully saturated rings. The molecule has 2 N–H and O–H groups in total. The van der Waals surface area contributed by atoms with Crippen molar-refractivity contribution in [2.45, 2.75) is 38.5 Å². The fraction of sp³-hybridized carbons (Fsp3) is 0.429. The molecular formula is C14H17F3N2. The van der Waals surface area contributed by atoms with Crippen molar-refractivity contribution in [2.24, 2.45) is 5.73 Å². The molecule has 1 atom stereocenters. The van der Waals surface area contributed by atoms with Crippen LogP contribution in [0.5, 0.6) is 0 Å². The van der Waals surface area contributed by atoms with Crippen LogP contribution >= 0.6 is 0 Å². The zero-order chi connectivity index (χ0) is 14.0. The van der Waals surface area contributed by atoms with Gasteiger partial charge in [-0.2, -0.15) is 13.2 Å². The Balaban J connectivity index is 2.28. The van der Waals surface area contributed by atoms with Crippen molar-refractivity contribution in [3.8, 4) is 0 Å². The molecule has 104 valence electrons. The molecule has 0 aliphatic rings. The molecule has 0 radical (unpaired) electrons. The van der Waals surface area contributed by atoms with Gasteiger partial charge >= 0.3 is 6.18 Å². The molecule has 0 aliphatic heterocycles. The summed E-state index contributed by atoms with van der Waals surface area (Å²) in [7, 11) is 0. The molecule has 0 aliphatic carbocycles. The first-order valence-corrected chi connectivity index (χ1v) is 6.26. The van der Waals surface area contributed by atoms with Crippen LogP contribution in [0.3, 0.4) is 0 Å². The maximum Gasteiger partial charge on any atom is 0.390 e. The summed E-state index contributed by atoms with van der Waals surface area (Å²) in [4.78, 5) is 0.